The zero-order valence-electron chi connectivity index (χ0n) is 9.38. The molecule has 0 spiro atoms. The van der Waals surface area contributed by atoms with Gasteiger partial charge in [-0.1, -0.05) is 11.6 Å². The summed E-state index contributed by atoms with van der Waals surface area (Å²) >= 11 is 5.62. The van der Waals surface area contributed by atoms with Crippen LogP contribution < -0.4 is 10.0 Å². The molecule has 0 fully saturated rings. The van der Waals surface area contributed by atoms with Crippen LogP contribution in [0.1, 0.15) is 0 Å². The average molecular weight is 295 g/mol. The Morgan fingerprint density at radius 2 is 2.11 bits per heavy atom. The first-order valence-electron chi connectivity index (χ1n) is 4.79. The van der Waals surface area contributed by atoms with Crippen LogP contribution in [0.25, 0.3) is 0 Å². The second-order valence-electron chi connectivity index (χ2n) is 3.35. The van der Waals surface area contributed by atoms with E-state index in [9.17, 15) is 18.5 Å². The first kappa shape index (κ1) is 14.6. The van der Waals surface area contributed by atoms with Gasteiger partial charge < -0.3 is 5.32 Å². The van der Waals surface area contributed by atoms with Crippen LogP contribution in [-0.2, 0) is 10.0 Å². The zero-order valence-corrected chi connectivity index (χ0v) is 11.0. The maximum atomic E-state index is 10.8. The first-order chi connectivity index (χ1) is 8.29. The number of aromatic nitrogens is 1. The maximum Gasteiger partial charge on any atom is 0.311 e. The molecule has 0 saturated carbocycles. The van der Waals surface area contributed by atoms with Crippen LogP contribution in [0.5, 0.6) is 0 Å². The molecule has 0 unspecified atom stereocenters. The van der Waals surface area contributed by atoms with Crippen LogP contribution in [0.2, 0.25) is 5.15 Å². The van der Waals surface area contributed by atoms with Crippen LogP contribution in [0.3, 0.4) is 0 Å². The summed E-state index contributed by atoms with van der Waals surface area (Å²) < 4.78 is 23.8. The van der Waals surface area contributed by atoms with Gasteiger partial charge in [0.2, 0.25) is 15.8 Å². The van der Waals surface area contributed by atoms with Gasteiger partial charge >= 0.3 is 5.69 Å². The summed E-state index contributed by atoms with van der Waals surface area (Å²) in [6, 6.07) is 2.53. The van der Waals surface area contributed by atoms with Gasteiger partial charge in [0.05, 0.1) is 11.2 Å². The third kappa shape index (κ3) is 4.82. The highest BCUT2D eigenvalue weighted by atomic mass is 35.5. The molecule has 0 saturated heterocycles. The van der Waals surface area contributed by atoms with Gasteiger partial charge in [0.15, 0.2) is 0 Å². The number of sulfonamides is 1. The Balaban J connectivity index is 2.66. The predicted octanol–water partition coefficient (Wildman–Crippen LogP) is 0.604. The Morgan fingerprint density at radius 1 is 1.44 bits per heavy atom. The lowest BCUT2D eigenvalue weighted by Crippen LogP contribution is -2.27. The highest BCUT2D eigenvalue weighted by Gasteiger charge is 2.15. The molecule has 1 heterocycles. The van der Waals surface area contributed by atoms with E-state index in [1.54, 1.807) is 0 Å². The fourth-order valence-electron chi connectivity index (χ4n) is 1.12. The van der Waals surface area contributed by atoms with Gasteiger partial charge in [-0.3, -0.25) is 10.1 Å². The smallest absolute Gasteiger partial charge is 0.311 e. The highest BCUT2D eigenvalue weighted by Crippen LogP contribution is 2.23. The van der Waals surface area contributed by atoms with Crippen LogP contribution in [0.4, 0.5) is 11.5 Å². The topological polar surface area (TPSA) is 114 Å². The molecule has 0 aliphatic carbocycles. The van der Waals surface area contributed by atoms with Crippen molar-refractivity contribution in [2.45, 2.75) is 0 Å². The Hall–Kier alpha value is -1.45. The summed E-state index contributed by atoms with van der Waals surface area (Å²) in [4.78, 5) is 13.9. The predicted molar refractivity (Wildman–Crippen MR) is 67.2 cm³/mol. The molecular formula is C8H11ClN4O4S. The lowest BCUT2D eigenvalue weighted by Gasteiger charge is -2.06. The molecule has 2 N–H and O–H groups in total. The van der Waals surface area contributed by atoms with E-state index in [4.69, 9.17) is 11.6 Å². The number of rotatable bonds is 6. The first-order valence-corrected chi connectivity index (χ1v) is 7.06. The molecule has 0 radical (unpaired) electrons. The number of halogens is 1. The number of nitro groups is 1. The number of pyridine rings is 1. The molecule has 8 nitrogen and oxygen atoms in total. The molecule has 0 aliphatic rings. The normalized spacial score (nSPS) is 11.2. The van der Waals surface area contributed by atoms with Gasteiger partial charge in [-0.05, 0) is 6.07 Å². The van der Waals surface area contributed by atoms with E-state index in [1.807, 2.05) is 0 Å². The summed E-state index contributed by atoms with van der Waals surface area (Å²) in [6.45, 7) is 0.242. The molecule has 10 heteroatoms. The second-order valence-corrected chi connectivity index (χ2v) is 5.57. The van der Waals surface area contributed by atoms with E-state index in [0.29, 0.717) is 0 Å². The number of nitrogens with one attached hydrogen (secondary N) is 2. The minimum Gasteiger partial charge on any atom is -0.363 e. The molecule has 1 aromatic heterocycles. The van der Waals surface area contributed by atoms with E-state index in [0.717, 1.165) is 6.26 Å². The summed E-state index contributed by atoms with van der Waals surface area (Å²) in [7, 11) is -3.28. The van der Waals surface area contributed by atoms with Crippen molar-refractivity contribution >= 4 is 33.1 Å². The fraction of sp³-hybridized carbons (Fsp3) is 0.375. The lowest BCUT2D eigenvalue weighted by molar-refractivity contribution is -0.384. The number of hydrogen-bond donors (Lipinski definition) is 2. The summed E-state index contributed by atoms with van der Waals surface area (Å²) in [5, 5.41) is 13.5. The Bertz CT molecular complexity index is 548. The van der Waals surface area contributed by atoms with Crippen molar-refractivity contribution in [2.75, 3.05) is 24.7 Å². The van der Waals surface area contributed by atoms with Crippen molar-refractivity contribution in [1.29, 1.82) is 0 Å². The summed E-state index contributed by atoms with van der Waals surface area (Å²) in [5.74, 6) is 0.00259. The van der Waals surface area contributed by atoms with Crippen molar-refractivity contribution in [3.05, 3.63) is 27.4 Å². The number of hydrogen-bond acceptors (Lipinski definition) is 6. The van der Waals surface area contributed by atoms with Gasteiger partial charge in [-0.15, -0.1) is 0 Å². The van der Waals surface area contributed by atoms with Crippen LogP contribution >= 0.6 is 11.6 Å². The molecule has 18 heavy (non-hydrogen) atoms. The van der Waals surface area contributed by atoms with Crippen molar-refractivity contribution < 1.29 is 13.3 Å². The van der Waals surface area contributed by atoms with Gasteiger partial charge in [0, 0.05) is 19.2 Å². The molecule has 100 valence electrons. The summed E-state index contributed by atoms with van der Waals surface area (Å²) in [6.07, 6.45) is 1.02. The Kier molecular flexibility index (Phi) is 4.82. The number of anilines is 1. The quantitative estimate of drug-likeness (QED) is 0.344. The molecular weight excluding hydrogens is 284 g/mol. The molecule has 0 aromatic carbocycles. The van der Waals surface area contributed by atoms with Crippen LogP contribution in [0, 0.1) is 10.1 Å². The molecule has 1 rings (SSSR count). The van der Waals surface area contributed by atoms with Crippen molar-refractivity contribution in [2.24, 2.45) is 0 Å². The molecule has 1 aromatic rings. The van der Waals surface area contributed by atoms with E-state index in [1.165, 1.54) is 12.1 Å². The van der Waals surface area contributed by atoms with E-state index >= 15 is 0 Å². The Labute approximate surface area is 109 Å². The third-order valence-electron chi connectivity index (χ3n) is 1.82. The lowest BCUT2D eigenvalue weighted by atomic mass is 10.4. The fourth-order valence-corrected chi connectivity index (χ4v) is 1.74. The third-order valence-corrected chi connectivity index (χ3v) is 2.76. The maximum absolute atomic E-state index is 10.8. The van der Waals surface area contributed by atoms with Crippen molar-refractivity contribution in [1.82, 2.24) is 9.71 Å². The number of nitrogens with zero attached hydrogens (tertiary/aromatic N) is 2. The zero-order chi connectivity index (χ0) is 13.8. The van der Waals surface area contributed by atoms with Gasteiger partial charge in [-0.25, -0.2) is 18.1 Å². The van der Waals surface area contributed by atoms with Crippen molar-refractivity contribution in [3.63, 3.8) is 0 Å². The molecule has 0 bridgehead atoms. The minimum atomic E-state index is -3.28. The van der Waals surface area contributed by atoms with Crippen LogP contribution in [-0.4, -0.2) is 37.7 Å². The Morgan fingerprint density at radius 3 is 2.67 bits per heavy atom. The SMILES string of the molecule is CS(=O)(=O)NCCNc1nc(Cl)ccc1[N+](=O)[O-]. The average Bonchev–Trinajstić information content (AvgIpc) is 2.22. The largest absolute Gasteiger partial charge is 0.363 e. The van der Waals surface area contributed by atoms with E-state index in [-0.39, 0.29) is 29.7 Å². The molecule has 0 amide bonds. The van der Waals surface area contributed by atoms with Crippen molar-refractivity contribution in [3.8, 4) is 0 Å². The van der Waals surface area contributed by atoms with Gasteiger partial charge in [0.25, 0.3) is 0 Å². The van der Waals surface area contributed by atoms with Gasteiger partial charge in [0.1, 0.15) is 5.15 Å². The standard InChI is InChI=1S/C8H11ClN4O4S/c1-18(16,17)11-5-4-10-8-6(13(14)15)2-3-7(9)12-8/h2-3,11H,4-5H2,1H3,(H,10,12). The summed E-state index contributed by atoms with van der Waals surface area (Å²) in [5.41, 5.74) is -0.223. The molecule has 0 aliphatic heterocycles. The van der Waals surface area contributed by atoms with E-state index in [2.05, 4.69) is 15.0 Å². The van der Waals surface area contributed by atoms with E-state index < -0.39 is 14.9 Å². The van der Waals surface area contributed by atoms with Gasteiger partial charge in [-0.2, -0.15) is 0 Å². The van der Waals surface area contributed by atoms with Crippen LogP contribution in [0.15, 0.2) is 12.1 Å². The molecule has 0 atom stereocenters. The monoisotopic (exact) mass is 294 g/mol. The second kappa shape index (κ2) is 5.94. The minimum absolute atomic E-state index is 0.00259. The highest BCUT2D eigenvalue weighted by molar-refractivity contribution is 7.88.